The van der Waals surface area contributed by atoms with Crippen molar-refractivity contribution < 1.29 is 86.5 Å². The van der Waals surface area contributed by atoms with Crippen LogP contribution in [-0.2, 0) is 48.1 Å². The molecule has 0 spiro atoms. The zero-order valence-corrected chi connectivity index (χ0v) is 40.0. The molecule has 0 bridgehead atoms. The summed E-state index contributed by atoms with van der Waals surface area (Å²) >= 11 is 0. The van der Waals surface area contributed by atoms with Crippen LogP contribution in [0.4, 0.5) is 0 Å². The van der Waals surface area contributed by atoms with Crippen LogP contribution in [0.25, 0.3) is 10.8 Å². The van der Waals surface area contributed by atoms with Crippen molar-refractivity contribution in [2.75, 3.05) is 33.4 Å². The van der Waals surface area contributed by atoms with Crippen LogP contribution in [0.5, 0.6) is 46.0 Å². The second-order valence-electron chi connectivity index (χ2n) is 17.0. The Morgan fingerprint density at radius 2 is 0.877 bits per heavy atom. The first-order valence-corrected chi connectivity index (χ1v) is 23.8. The van der Waals surface area contributed by atoms with Crippen molar-refractivity contribution in [2.24, 2.45) is 23.7 Å². The standard InChI is InChI=1S/C55H56O18/c1-3-51(56)63-35-61-41-17-21-44(22-18-41)69-54(59)39-13-9-37(10-14-39)33-67-72-46-27-23-43(24-28-46)68-53(58)31-32-65-73-50-30-29-49(47-7-5-6-8-48(47)50)70-55(60)40-15-11-38(12-16-40)34-66-71-45-25-19-42(20-26-45)62-36-64-52(57)4-2/h3-8,17-30,37-40H,1-2,9-16,31-36H2. The number of carbonyl (C=O) groups excluding carboxylic acids is 5. The Hall–Kier alpha value is -7.93. The predicted octanol–water partition coefficient (Wildman–Crippen LogP) is 9.72. The van der Waals surface area contributed by atoms with Gasteiger partial charge >= 0.3 is 29.8 Å². The summed E-state index contributed by atoms with van der Waals surface area (Å²) in [5.74, 6) is 0.931. The van der Waals surface area contributed by atoms with E-state index in [0.717, 1.165) is 37.8 Å². The SMILES string of the molecule is C=CC(=O)OCOc1ccc(OOCC2CCC(C(=O)Oc3ccc(OOCCC(=O)Oc4ccc(OOCC5CCC(C(=O)Oc6ccc(OCOC(=O)C=C)cc6)CC5)cc4)c4ccccc34)CC2)cc1. The van der Waals surface area contributed by atoms with Crippen molar-refractivity contribution >= 4 is 40.6 Å². The topological polar surface area (TPSA) is 205 Å². The average Bonchev–Trinajstić information content (AvgIpc) is 3.42. The number of ether oxygens (including phenoxy) is 7. The maximum absolute atomic E-state index is 13.3. The summed E-state index contributed by atoms with van der Waals surface area (Å²) in [4.78, 5) is 93.9. The summed E-state index contributed by atoms with van der Waals surface area (Å²) in [7, 11) is 0. The van der Waals surface area contributed by atoms with E-state index in [1.54, 1.807) is 84.9 Å². The van der Waals surface area contributed by atoms with E-state index in [2.05, 4.69) is 13.2 Å². The zero-order valence-electron chi connectivity index (χ0n) is 40.0. The number of fused-ring (bicyclic) bond motifs is 1. The Morgan fingerprint density at radius 1 is 0.452 bits per heavy atom. The van der Waals surface area contributed by atoms with Gasteiger partial charge in [0.15, 0.2) is 17.2 Å². The molecule has 0 atom stereocenters. The maximum atomic E-state index is 13.3. The predicted molar refractivity (Wildman–Crippen MR) is 259 cm³/mol. The molecule has 5 aromatic rings. The van der Waals surface area contributed by atoms with Gasteiger partial charge in [-0.05, 0) is 148 Å². The lowest BCUT2D eigenvalue weighted by Gasteiger charge is -2.26. The molecule has 2 fully saturated rings. The van der Waals surface area contributed by atoms with Gasteiger partial charge < -0.3 is 47.8 Å². The second-order valence-corrected chi connectivity index (χ2v) is 17.0. The van der Waals surface area contributed by atoms with Gasteiger partial charge in [-0.25, -0.2) is 9.59 Å². The number of hydrogen-bond donors (Lipinski definition) is 0. The number of esters is 5. The van der Waals surface area contributed by atoms with Gasteiger partial charge in [-0.15, -0.1) is 0 Å². The summed E-state index contributed by atoms with van der Waals surface area (Å²) in [6.07, 6.45) is 7.66. The minimum atomic E-state index is -0.592. The molecule has 0 radical (unpaired) electrons. The molecule has 7 rings (SSSR count). The lowest BCUT2D eigenvalue weighted by Crippen LogP contribution is -2.27. The fourth-order valence-electron chi connectivity index (χ4n) is 7.92. The summed E-state index contributed by atoms with van der Waals surface area (Å²) in [5, 5.41) is 1.32. The molecule has 18 heteroatoms. The van der Waals surface area contributed by atoms with Crippen LogP contribution in [0.3, 0.4) is 0 Å². The van der Waals surface area contributed by atoms with E-state index in [1.807, 2.05) is 24.3 Å². The number of carbonyl (C=O) groups is 5. The molecule has 0 N–H and O–H groups in total. The van der Waals surface area contributed by atoms with Crippen molar-refractivity contribution in [1.29, 1.82) is 0 Å². The molecule has 5 aromatic carbocycles. The van der Waals surface area contributed by atoms with E-state index >= 15 is 0 Å². The smallest absolute Gasteiger partial charge is 0.333 e. The van der Waals surface area contributed by atoms with Crippen LogP contribution in [-0.4, -0.2) is 63.3 Å². The lowest BCUT2D eigenvalue weighted by molar-refractivity contribution is -0.218. The molecule has 2 saturated carbocycles. The number of hydrogen-bond acceptors (Lipinski definition) is 18. The summed E-state index contributed by atoms with van der Waals surface area (Å²) < 4.78 is 37.2. The van der Waals surface area contributed by atoms with E-state index in [9.17, 15) is 24.0 Å². The van der Waals surface area contributed by atoms with E-state index in [4.69, 9.17) is 62.5 Å². The van der Waals surface area contributed by atoms with Gasteiger partial charge in [0.05, 0.1) is 31.5 Å². The molecule has 0 unspecified atom stereocenters. The summed E-state index contributed by atoms with van der Waals surface area (Å²) in [5.41, 5.74) is 0. The lowest BCUT2D eigenvalue weighted by atomic mass is 9.82. The largest absolute Gasteiger partial charge is 0.457 e. The molecule has 2 aliphatic rings. The molecule has 2 aliphatic carbocycles. The van der Waals surface area contributed by atoms with Gasteiger partial charge in [-0.1, -0.05) is 37.4 Å². The fourth-order valence-corrected chi connectivity index (χ4v) is 7.92. The molecule has 0 aromatic heterocycles. The Kier molecular flexibility index (Phi) is 20.0. The average molecular weight is 1010 g/mol. The molecule has 384 valence electrons. The van der Waals surface area contributed by atoms with Gasteiger partial charge in [0, 0.05) is 22.9 Å². The zero-order chi connectivity index (χ0) is 51.2. The Bertz CT molecular complexity index is 2610. The first-order chi connectivity index (χ1) is 35.6. The van der Waals surface area contributed by atoms with Crippen LogP contribution in [0.1, 0.15) is 57.8 Å². The maximum Gasteiger partial charge on any atom is 0.333 e. The van der Waals surface area contributed by atoms with E-state index < -0.39 is 17.9 Å². The molecular weight excluding hydrogens is 949 g/mol. The molecule has 0 saturated heterocycles. The van der Waals surface area contributed by atoms with Crippen LogP contribution >= 0.6 is 0 Å². The van der Waals surface area contributed by atoms with Crippen molar-refractivity contribution in [2.45, 2.75) is 57.8 Å². The van der Waals surface area contributed by atoms with Crippen LogP contribution in [0, 0.1) is 23.7 Å². The minimum Gasteiger partial charge on any atom is -0.457 e. The van der Waals surface area contributed by atoms with Crippen molar-refractivity contribution in [3.05, 3.63) is 135 Å². The summed E-state index contributed by atoms with van der Waals surface area (Å²) in [6.45, 7) is 6.77. The van der Waals surface area contributed by atoms with Gasteiger partial charge in [0.2, 0.25) is 13.6 Å². The number of benzene rings is 5. The van der Waals surface area contributed by atoms with Crippen LogP contribution in [0.2, 0.25) is 0 Å². The molecule has 0 aliphatic heterocycles. The monoisotopic (exact) mass is 1000 g/mol. The third-order valence-electron chi connectivity index (χ3n) is 12.0. The third kappa shape index (κ3) is 16.8. The molecular formula is C55H56O18. The van der Waals surface area contributed by atoms with Gasteiger partial charge in [-0.2, -0.15) is 14.7 Å². The molecule has 73 heavy (non-hydrogen) atoms. The third-order valence-corrected chi connectivity index (χ3v) is 12.0. The van der Waals surface area contributed by atoms with E-state index in [1.165, 1.54) is 0 Å². The van der Waals surface area contributed by atoms with Crippen molar-refractivity contribution in [3.63, 3.8) is 0 Å². The van der Waals surface area contributed by atoms with Gasteiger partial charge in [0.25, 0.3) is 0 Å². The summed E-state index contributed by atoms with van der Waals surface area (Å²) in [6, 6.07) is 30.1. The van der Waals surface area contributed by atoms with Gasteiger partial charge in [-0.3, -0.25) is 14.4 Å². The Labute approximate surface area is 421 Å². The molecule has 0 heterocycles. The van der Waals surface area contributed by atoms with Gasteiger partial charge in [0.1, 0.15) is 35.4 Å². The van der Waals surface area contributed by atoms with Crippen molar-refractivity contribution in [1.82, 2.24) is 0 Å². The number of rotatable bonds is 26. The fraction of sp³-hybridized carbons (Fsp3) is 0.327. The minimum absolute atomic E-state index is 0.0921. The highest BCUT2D eigenvalue weighted by atomic mass is 17.2. The van der Waals surface area contributed by atoms with E-state index in [0.29, 0.717) is 95.7 Å². The molecule has 18 nitrogen and oxygen atoms in total. The highest BCUT2D eigenvalue weighted by Crippen LogP contribution is 2.36. The quantitative estimate of drug-likeness (QED) is 0.00961. The van der Waals surface area contributed by atoms with Crippen LogP contribution in [0.15, 0.2) is 135 Å². The second kappa shape index (κ2) is 27.6. The first kappa shape index (κ1) is 52.9. The highest BCUT2D eigenvalue weighted by molar-refractivity contribution is 5.95. The Morgan fingerprint density at radius 3 is 1.37 bits per heavy atom. The molecule has 0 amide bonds. The van der Waals surface area contributed by atoms with E-state index in [-0.39, 0.29) is 62.2 Å². The first-order valence-electron chi connectivity index (χ1n) is 23.8. The normalized spacial score (nSPS) is 17.2. The highest BCUT2D eigenvalue weighted by Gasteiger charge is 2.30. The van der Waals surface area contributed by atoms with Crippen LogP contribution < -0.4 is 38.3 Å². The Balaban J connectivity index is 0.741. The van der Waals surface area contributed by atoms with Crippen molar-refractivity contribution in [3.8, 4) is 46.0 Å².